The van der Waals surface area contributed by atoms with E-state index in [0.29, 0.717) is 5.92 Å². The minimum absolute atomic E-state index is 0.0429. The Morgan fingerprint density at radius 2 is 2.10 bits per heavy atom. The summed E-state index contributed by atoms with van der Waals surface area (Å²) in [5.41, 5.74) is -0.111. The first kappa shape index (κ1) is 16.0. The maximum absolute atomic E-state index is 13.9. The molecule has 1 atom stereocenters. The molecule has 1 amide bonds. The number of hydrogen-bond donors (Lipinski definition) is 1. The van der Waals surface area contributed by atoms with Crippen molar-refractivity contribution in [3.05, 3.63) is 23.5 Å². The molecule has 1 fully saturated rings. The number of amides is 1. The fourth-order valence-electron chi connectivity index (χ4n) is 2.08. The first-order chi connectivity index (χ1) is 9.74. The van der Waals surface area contributed by atoms with E-state index in [0.717, 1.165) is 32.1 Å². The number of rotatable bonds is 5. The third-order valence-corrected chi connectivity index (χ3v) is 4.75. The highest BCUT2D eigenvalue weighted by molar-refractivity contribution is 8.13. The molecule has 0 bridgehead atoms. The number of carbonyl (C=O) groups excluding carboxylic acids is 1. The first-order valence-corrected chi connectivity index (χ1v) is 8.68. The van der Waals surface area contributed by atoms with Crippen LogP contribution in [0.15, 0.2) is 17.0 Å². The predicted octanol–water partition coefficient (Wildman–Crippen LogP) is 2.29. The van der Waals surface area contributed by atoms with E-state index in [1.165, 1.54) is 0 Å². The van der Waals surface area contributed by atoms with Gasteiger partial charge < -0.3 is 10.1 Å². The highest BCUT2D eigenvalue weighted by Gasteiger charge is 2.30. The molecule has 0 radical (unpaired) electrons. The fraction of sp³-hybridized carbons (Fsp3) is 0.462. The van der Waals surface area contributed by atoms with Crippen molar-refractivity contribution in [1.82, 2.24) is 5.32 Å². The van der Waals surface area contributed by atoms with Crippen LogP contribution >= 0.6 is 10.7 Å². The zero-order valence-electron chi connectivity index (χ0n) is 11.5. The molecule has 1 saturated carbocycles. The van der Waals surface area contributed by atoms with E-state index in [2.05, 4.69) is 5.32 Å². The van der Waals surface area contributed by atoms with Crippen molar-refractivity contribution in [1.29, 1.82) is 0 Å². The van der Waals surface area contributed by atoms with Gasteiger partial charge in [-0.25, -0.2) is 12.8 Å². The van der Waals surface area contributed by atoms with E-state index in [9.17, 15) is 17.6 Å². The van der Waals surface area contributed by atoms with E-state index < -0.39 is 31.4 Å². The van der Waals surface area contributed by atoms with E-state index in [4.69, 9.17) is 15.4 Å². The maximum Gasteiger partial charge on any atom is 0.265 e. The summed E-state index contributed by atoms with van der Waals surface area (Å²) in [6.07, 6.45) is 2.08. The van der Waals surface area contributed by atoms with Crippen LogP contribution in [0.1, 0.15) is 30.1 Å². The molecule has 1 aromatic rings. The number of benzene rings is 1. The summed E-state index contributed by atoms with van der Waals surface area (Å²) in [7, 11) is 2.15. The molecule has 1 unspecified atom stereocenters. The van der Waals surface area contributed by atoms with Crippen LogP contribution in [0.5, 0.6) is 5.75 Å². The van der Waals surface area contributed by atoms with Crippen LogP contribution in [0.3, 0.4) is 0 Å². The Morgan fingerprint density at radius 3 is 2.57 bits per heavy atom. The molecule has 116 valence electrons. The Labute approximate surface area is 126 Å². The van der Waals surface area contributed by atoms with Gasteiger partial charge in [-0.3, -0.25) is 4.79 Å². The molecule has 1 N–H and O–H groups in total. The molecule has 1 aliphatic rings. The minimum Gasteiger partial charge on any atom is -0.492 e. The molecular formula is C13H15ClFNO4S. The highest BCUT2D eigenvalue weighted by atomic mass is 35.7. The largest absolute Gasteiger partial charge is 0.492 e. The van der Waals surface area contributed by atoms with Crippen molar-refractivity contribution in [3.63, 3.8) is 0 Å². The van der Waals surface area contributed by atoms with Crippen LogP contribution in [-0.2, 0) is 9.05 Å². The molecule has 21 heavy (non-hydrogen) atoms. The van der Waals surface area contributed by atoms with Crippen LogP contribution < -0.4 is 10.1 Å². The van der Waals surface area contributed by atoms with Crippen LogP contribution in [0.25, 0.3) is 0 Å². The summed E-state index contributed by atoms with van der Waals surface area (Å²) in [4.78, 5) is 11.5. The van der Waals surface area contributed by atoms with Crippen molar-refractivity contribution in [2.75, 3.05) is 7.11 Å². The van der Waals surface area contributed by atoms with Gasteiger partial charge in [0.05, 0.1) is 7.11 Å². The summed E-state index contributed by atoms with van der Waals surface area (Å²) < 4.78 is 41.5. The average molecular weight is 336 g/mol. The zero-order valence-corrected chi connectivity index (χ0v) is 13.1. The van der Waals surface area contributed by atoms with Crippen LogP contribution in [0.4, 0.5) is 4.39 Å². The second kappa shape index (κ2) is 5.81. The van der Waals surface area contributed by atoms with Gasteiger partial charge in [0.2, 0.25) is 0 Å². The fourth-order valence-corrected chi connectivity index (χ4v) is 3.10. The summed E-state index contributed by atoms with van der Waals surface area (Å²) >= 11 is 0. The van der Waals surface area contributed by atoms with Crippen molar-refractivity contribution in [3.8, 4) is 5.75 Å². The van der Waals surface area contributed by atoms with Gasteiger partial charge in [-0.2, -0.15) is 0 Å². The molecule has 1 aromatic carbocycles. The van der Waals surface area contributed by atoms with Gasteiger partial charge >= 0.3 is 0 Å². The van der Waals surface area contributed by atoms with E-state index in [1.54, 1.807) is 0 Å². The predicted molar refractivity (Wildman–Crippen MR) is 75.6 cm³/mol. The second-order valence-electron chi connectivity index (χ2n) is 5.03. The summed E-state index contributed by atoms with van der Waals surface area (Å²) in [6, 6.07) is 1.90. The van der Waals surface area contributed by atoms with E-state index >= 15 is 0 Å². The maximum atomic E-state index is 13.9. The van der Waals surface area contributed by atoms with Crippen LogP contribution in [-0.4, -0.2) is 27.5 Å². The number of methoxy groups -OCH3 is 1. The molecule has 5 nitrogen and oxygen atoms in total. The zero-order chi connectivity index (χ0) is 15.8. The normalized spacial score (nSPS) is 16.4. The second-order valence-corrected chi connectivity index (χ2v) is 7.56. The Morgan fingerprint density at radius 1 is 1.48 bits per heavy atom. The lowest BCUT2D eigenvalue weighted by Crippen LogP contribution is -2.34. The topological polar surface area (TPSA) is 72.5 Å². The smallest absolute Gasteiger partial charge is 0.265 e. The number of hydrogen-bond acceptors (Lipinski definition) is 4. The van der Waals surface area contributed by atoms with Crippen molar-refractivity contribution < 1.29 is 22.3 Å². The van der Waals surface area contributed by atoms with Gasteiger partial charge in [-0.1, -0.05) is 0 Å². The third-order valence-electron chi connectivity index (χ3n) is 3.43. The summed E-state index contributed by atoms with van der Waals surface area (Å²) in [5.74, 6) is -1.58. The monoisotopic (exact) mass is 335 g/mol. The highest BCUT2D eigenvalue weighted by Crippen LogP contribution is 2.33. The number of halogens is 2. The first-order valence-electron chi connectivity index (χ1n) is 6.37. The Kier molecular flexibility index (Phi) is 4.43. The molecular weight excluding hydrogens is 321 g/mol. The lowest BCUT2D eigenvalue weighted by molar-refractivity contribution is 0.0935. The Hall–Kier alpha value is -1.34. The van der Waals surface area contributed by atoms with Gasteiger partial charge in [-0.15, -0.1) is 0 Å². The molecule has 0 aromatic heterocycles. The van der Waals surface area contributed by atoms with Crippen molar-refractivity contribution in [2.24, 2.45) is 5.92 Å². The lowest BCUT2D eigenvalue weighted by atomic mass is 10.1. The number of ether oxygens (including phenoxy) is 1. The molecule has 2 rings (SSSR count). The van der Waals surface area contributed by atoms with E-state index in [1.807, 2.05) is 6.92 Å². The molecule has 0 saturated heterocycles. The van der Waals surface area contributed by atoms with Gasteiger partial charge in [-0.05, 0) is 37.8 Å². The molecule has 0 aliphatic heterocycles. The standard InChI is InChI=1S/C13H15ClFNO4S/c1-7(8-3-4-8)16-13(17)9-5-10(15)12(20-2)11(6-9)21(14,18)19/h5-8H,3-4H2,1-2H3,(H,16,17). The van der Waals surface area contributed by atoms with Gasteiger partial charge in [0, 0.05) is 22.3 Å². The SMILES string of the molecule is COc1c(F)cc(C(=O)NC(C)C2CC2)cc1S(=O)(=O)Cl. The third kappa shape index (κ3) is 3.65. The average Bonchev–Trinajstić information content (AvgIpc) is 3.20. The molecule has 1 aliphatic carbocycles. The summed E-state index contributed by atoms with van der Waals surface area (Å²) in [5, 5.41) is 2.72. The lowest BCUT2D eigenvalue weighted by Gasteiger charge is -2.14. The van der Waals surface area contributed by atoms with E-state index in [-0.39, 0.29) is 11.6 Å². The van der Waals surface area contributed by atoms with Crippen molar-refractivity contribution >= 4 is 25.6 Å². The number of carbonyl (C=O) groups is 1. The molecule has 8 heteroatoms. The van der Waals surface area contributed by atoms with Crippen LogP contribution in [0, 0.1) is 11.7 Å². The molecule has 0 spiro atoms. The summed E-state index contributed by atoms with van der Waals surface area (Å²) in [6.45, 7) is 1.86. The van der Waals surface area contributed by atoms with Crippen LogP contribution in [0.2, 0.25) is 0 Å². The molecule has 0 heterocycles. The van der Waals surface area contributed by atoms with Crippen molar-refractivity contribution in [2.45, 2.75) is 30.7 Å². The van der Waals surface area contributed by atoms with Gasteiger partial charge in [0.1, 0.15) is 4.90 Å². The Balaban J connectivity index is 2.36. The van der Waals surface area contributed by atoms with Gasteiger partial charge in [0.25, 0.3) is 15.0 Å². The minimum atomic E-state index is -4.23. The van der Waals surface area contributed by atoms with Gasteiger partial charge in [0.15, 0.2) is 11.6 Å². The number of nitrogens with one attached hydrogen (secondary N) is 1. The Bertz CT molecular complexity index is 673. The quantitative estimate of drug-likeness (QED) is 0.838.